The van der Waals surface area contributed by atoms with Crippen molar-refractivity contribution in [1.29, 1.82) is 0 Å². The Morgan fingerprint density at radius 3 is 0.425 bits per heavy atom. The number of methoxy groups -OCH3 is 2. The van der Waals surface area contributed by atoms with E-state index in [9.17, 15) is 8.42 Å². The normalized spacial score (nSPS) is 7.75. The van der Waals surface area contributed by atoms with Crippen LogP contribution in [0.3, 0.4) is 0 Å². The molecule has 0 aromatic heterocycles. The van der Waals surface area contributed by atoms with Crippen LogP contribution in [0.1, 0.15) is 34.1 Å². The van der Waals surface area contributed by atoms with E-state index < -0.39 is 9.84 Å². The van der Waals surface area contributed by atoms with Gasteiger partial charge in [0, 0.05) is 41.0 Å². The Kier molecular flexibility index (Phi) is 56.8. The third-order valence-electron chi connectivity index (χ3n) is 2.67. The predicted molar refractivity (Wildman–Crippen MR) is 180 cm³/mol. The summed E-state index contributed by atoms with van der Waals surface area (Å²) < 4.78 is 27.8. The first-order chi connectivity index (χ1) is 19.2. The highest BCUT2D eigenvalue weighted by atomic mass is 32.2. The number of sulfone groups is 1. The van der Waals surface area contributed by atoms with Crippen LogP contribution >= 0.6 is 0 Å². The number of benzene rings is 4. The summed E-state index contributed by atoms with van der Waals surface area (Å²) in [4.78, 5) is 0. The molecule has 0 fully saturated rings. The van der Waals surface area contributed by atoms with E-state index >= 15 is 0 Å². The minimum Gasteiger partial charge on any atom is -0.388 e. The fraction of sp³-hybridized carbons (Fsp3) is 0.314. The molecule has 4 rings (SSSR count). The van der Waals surface area contributed by atoms with Gasteiger partial charge in [0.15, 0.2) is 0 Å². The molecule has 0 saturated heterocycles. The molecule has 0 bridgehead atoms. The van der Waals surface area contributed by atoms with Gasteiger partial charge in [-0.1, -0.05) is 180 Å². The lowest BCUT2D eigenvalue weighted by Gasteiger charge is -1.69. The van der Waals surface area contributed by atoms with Crippen molar-refractivity contribution in [3.63, 3.8) is 0 Å². The molecule has 4 aromatic rings. The second-order valence-corrected chi connectivity index (χ2v) is 9.57. The van der Waals surface area contributed by atoms with Crippen molar-refractivity contribution in [3.8, 4) is 0 Å². The van der Waals surface area contributed by atoms with Crippen molar-refractivity contribution in [3.05, 3.63) is 146 Å². The molecule has 0 radical (unpaired) electrons. The van der Waals surface area contributed by atoms with Crippen LogP contribution in [0, 0.1) is 0 Å². The predicted octanol–water partition coefficient (Wildman–Crippen LogP) is 9.37. The molecule has 0 unspecified atom stereocenters. The van der Waals surface area contributed by atoms with Gasteiger partial charge in [-0.05, 0) is 0 Å². The zero-order valence-corrected chi connectivity index (χ0v) is 27.4. The van der Waals surface area contributed by atoms with Gasteiger partial charge in [0.25, 0.3) is 0 Å². The lowest BCUT2D eigenvalue weighted by atomic mass is 10.4. The molecule has 0 saturated carbocycles. The Hall–Kier alpha value is -3.25. The van der Waals surface area contributed by atoms with Crippen molar-refractivity contribution in [2.45, 2.75) is 34.1 Å². The molecular formula is C35H56O4S. The van der Waals surface area contributed by atoms with Crippen LogP contribution in [0.25, 0.3) is 0 Å². The largest absolute Gasteiger partial charge is 0.388 e. The Labute approximate surface area is 248 Å². The van der Waals surface area contributed by atoms with E-state index in [-0.39, 0.29) is 0 Å². The van der Waals surface area contributed by atoms with Crippen LogP contribution < -0.4 is 0 Å². The summed E-state index contributed by atoms with van der Waals surface area (Å²) in [6.45, 7) is 8.25. The molecule has 0 N–H and O–H groups in total. The maximum atomic E-state index is 9.63. The quantitative estimate of drug-likeness (QED) is 0.211. The van der Waals surface area contributed by atoms with Gasteiger partial charge < -0.3 is 9.47 Å². The van der Waals surface area contributed by atoms with Crippen molar-refractivity contribution >= 4 is 9.84 Å². The second kappa shape index (κ2) is 48.8. The highest BCUT2D eigenvalue weighted by Crippen LogP contribution is 1.81. The molecule has 4 aromatic carbocycles. The SMILES string of the molecule is CC.CCC.COC.COC.CS(C)(=O)=O.c1ccccc1.c1ccccc1.c1ccccc1.c1ccccc1. The van der Waals surface area contributed by atoms with Crippen LogP contribution in [0.4, 0.5) is 0 Å². The van der Waals surface area contributed by atoms with E-state index in [0.29, 0.717) is 0 Å². The third kappa shape index (κ3) is 91.9. The Morgan fingerprint density at radius 1 is 0.375 bits per heavy atom. The molecule has 0 amide bonds. The zero-order chi connectivity index (χ0) is 31.6. The Morgan fingerprint density at radius 2 is 0.400 bits per heavy atom. The number of ether oxygens (including phenoxy) is 2. The summed E-state index contributed by atoms with van der Waals surface area (Å²) in [5, 5.41) is 0. The molecule has 0 spiro atoms. The first-order valence-electron chi connectivity index (χ1n) is 13.2. The van der Waals surface area contributed by atoms with E-state index in [1.807, 2.05) is 159 Å². The maximum Gasteiger partial charge on any atom is 0.144 e. The van der Waals surface area contributed by atoms with Crippen molar-refractivity contribution < 1.29 is 17.9 Å². The smallest absolute Gasteiger partial charge is 0.144 e. The van der Waals surface area contributed by atoms with Crippen molar-refractivity contribution in [2.75, 3.05) is 41.0 Å². The summed E-state index contributed by atoms with van der Waals surface area (Å²) in [5.74, 6) is 0. The first-order valence-corrected chi connectivity index (χ1v) is 15.5. The molecule has 4 nitrogen and oxygen atoms in total. The standard InChI is InChI=1S/4C6H6.C3H8.C2H6O2S.2C2H6O.C2H6/c4*1-2-4-6-5-3-1;1-3-2;1-5(2,3)4;2*1-3-2;1-2/h4*1-6H;3H2,1-2H3;1-2H3;2*1-2H3;1-2H3. The summed E-state index contributed by atoms with van der Waals surface area (Å²) in [5.41, 5.74) is 0. The Bertz CT molecular complexity index is 674. The summed E-state index contributed by atoms with van der Waals surface area (Å²) >= 11 is 0. The minimum absolute atomic E-state index is 1.16. The molecule has 5 heteroatoms. The van der Waals surface area contributed by atoms with Gasteiger partial charge in [0.1, 0.15) is 9.84 Å². The van der Waals surface area contributed by atoms with E-state index in [1.54, 1.807) is 28.4 Å². The van der Waals surface area contributed by atoms with Gasteiger partial charge in [0.05, 0.1) is 0 Å². The number of hydrogen-bond donors (Lipinski definition) is 0. The second-order valence-electron chi connectivity index (χ2n) is 7.29. The summed E-state index contributed by atoms with van der Waals surface area (Å²) in [6.07, 6.45) is 3.57. The topological polar surface area (TPSA) is 52.6 Å². The summed E-state index contributed by atoms with van der Waals surface area (Å²) in [7, 11) is 3.83. The van der Waals surface area contributed by atoms with Gasteiger partial charge in [-0.2, -0.15) is 0 Å². The van der Waals surface area contributed by atoms with Gasteiger partial charge >= 0.3 is 0 Å². The molecule has 0 aliphatic carbocycles. The molecule has 40 heavy (non-hydrogen) atoms. The average molecular weight is 573 g/mol. The lowest BCUT2D eigenvalue weighted by Crippen LogP contribution is -1.86. The Balaban J connectivity index is -0.000000118. The summed E-state index contributed by atoms with van der Waals surface area (Å²) in [6, 6.07) is 48.0. The van der Waals surface area contributed by atoms with E-state index in [1.165, 1.54) is 6.42 Å². The molecule has 226 valence electrons. The van der Waals surface area contributed by atoms with E-state index in [2.05, 4.69) is 23.3 Å². The van der Waals surface area contributed by atoms with Crippen LogP contribution in [-0.4, -0.2) is 49.4 Å². The van der Waals surface area contributed by atoms with Crippen molar-refractivity contribution in [1.82, 2.24) is 0 Å². The highest BCUT2D eigenvalue weighted by molar-refractivity contribution is 7.89. The van der Waals surface area contributed by atoms with E-state index in [0.717, 1.165) is 12.5 Å². The molecular weight excluding hydrogens is 516 g/mol. The van der Waals surface area contributed by atoms with Gasteiger partial charge in [0.2, 0.25) is 0 Å². The van der Waals surface area contributed by atoms with E-state index in [4.69, 9.17) is 0 Å². The fourth-order valence-corrected chi connectivity index (χ4v) is 1.54. The fourth-order valence-electron chi connectivity index (χ4n) is 1.54. The van der Waals surface area contributed by atoms with Gasteiger partial charge in [-0.3, -0.25) is 0 Å². The van der Waals surface area contributed by atoms with Gasteiger partial charge in [-0.25, -0.2) is 8.42 Å². The van der Waals surface area contributed by atoms with Crippen molar-refractivity contribution in [2.24, 2.45) is 0 Å². The average Bonchev–Trinajstić information content (AvgIpc) is 2.99. The number of rotatable bonds is 0. The van der Waals surface area contributed by atoms with Crippen LogP contribution in [0.2, 0.25) is 0 Å². The highest BCUT2D eigenvalue weighted by Gasteiger charge is 1.79. The molecule has 0 aliphatic heterocycles. The zero-order valence-electron chi connectivity index (χ0n) is 26.6. The lowest BCUT2D eigenvalue weighted by molar-refractivity contribution is 0.277. The molecule has 0 heterocycles. The minimum atomic E-state index is -2.67. The van der Waals surface area contributed by atoms with Crippen LogP contribution in [-0.2, 0) is 19.3 Å². The number of hydrogen-bond acceptors (Lipinski definition) is 4. The van der Waals surface area contributed by atoms with Gasteiger partial charge in [-0.15, -0.1) is 0 Å². The van der Waals surface area contributed by atoms with Crippen LogP contribution in [0.15, 0.2) is 146 Å². The molecule has 0 atom stereocenters. The van der Waals surface area contributed by atoms with Crippen LogP contribution in [0.5, 0.6) is 0 Å². The molecule has 0 aliphatic rings. The maximum absolute atomic E-state index is 9.63. The monoisotopic (exact) mass is 572 g/mol. The first kappa shape index (κ1) is 46.6. The third-order valence-corrected chi connectivity index (χ3v) is 2.67.